The van der Waals surface area contributed by atoms with E-state index in [2.05, 4.69) is 20.3 Å². The topological polar surface area (TPSA) is 79.9 Å². The number of amides is 1. The molecule has 0 fully saturated rings. The quantitative estimate of drug-likeness (QED) is 0.771. The summed E-state index contributed by atoms with van der Waals surface area (Å²) < 4.78 is 5.48. The van der Waals surface area contributed by atoms with Crippen LogP contribution < -0.4 is 10.1 Å². The Bertz CT molecular complexity index is 905. The molecule has 4 rings (SSSR count). The number of methoxy groups -OCH3 is 1. The second-order valence-corrected chi connectivity index (χ2v) is 6.01. The van der Waals surface area contributed by atoms with Crippen molar-refractivity contribution in [1.82, 2.24) is 20.3 Å². The van der Waals surface area contributed by atoms with Gasteiger partial charge in [0.2, 0.25) is 0 Å². The molecule has 25 heavy (non-hydrogen) atoms. The Labute approximate surface area is 145 Å². The predicted molar refractivity (Wildman–Crippen MR) is 93.6 cm³/mol. The van der Waals surface area contributed by atoms with Crippen molar-refractivity contribution in [3.63, 3.8) is 0 Å². The van der Waals surface area contributed by atoms with Gasteiger partial charge in [-0.2, -0.15) is 0 Å². The first-order chi connectivity index (χ1) is 12.3. The van der Waals surface area contributed by atoms with Gasteiger partial charge in [0.25, 0.3) is 5.91 Å². The number of aromatic amines is 1. The number of fused-ring (bicyclic) bond motifs is 1. The molecule has 126 valence electrons. The minimum absolute atomic E-state index is 0.114. The number of benzene rings is 1. The fourth-order valence-electron chi connectivity index (χ4n) is 3.23. The molecule has 1 aliphatic rings. The fraction of sp³-hybridized carbons (Fsp3) is 0.211. The van der Waals surface area contributed by atoms with Gasteiger partial charge in [0.1, 0.15) is 17.3 Å². The lowest BCUT2D eigenvalue weighted by Crippen LogP contribution is -2.26. The number of nitrogens with zero attached hydrogens (tertiary/aromatic N) is 2. The number of pyridine rings is 1. The van der Waals surface area contributed by atoms with Crippen molar-refractivity contribution in [1.29, 1.82) is 0 Å². The summed E-state index contributed by atoms with van der Waals surface area (Å²) >= 11 is 0. The van der Waals surface area contributed by atoms with E-state index >= 15 is 0 Å². The van der Waals surface area contributed by atoms with Crippen LogP contribution in [-0.4, -0.2) is 34.5 Å². The standard InChI is InChI=1S/C19H18N4O2/c1-25-16-7-3-2-6-14(16)13-9-15-17(19(24)21-11-13)23-18(22-15)12-5-4-8-20-10-12/h2-8,10,13H,9,11H2,1H3,(H,21,24)(H,22,23)/t13-/m1/s1. The third kappa shape index (κ3) is 2.87. The van der Waals surface area contributed by atoms with Gasteiger partial charge >= 0.3 is 0 Å². The lowest BCUT2D eigenvalue weighted by Gasteiger charge is -2.17. The van der Waals surface area contributed by atoms with Crippen LogP contribution in [0.25, 0.3) is 11.4 Å². The number of carbonyl (C=O) groups excluding carboxylic acids is 1. The van der Waals surface area contributed by atoms with E-state index in [9.17, 15) is 4.79 Å². The monoisotopic (exact) mass is 334 g/mol. The van der Waals surface area contributed by atoms with E-state index in [0.717, 1.165) is 22.6 Å². The minimum atomic E-state index is -0.154. The van der Waals surface area contributed by atoms with Gasteiger partial charge < -0.3 is 15.0 Å². The molecule has 3 aromatic rings. The van der Waals surface area contributed by atoms with Crippen LogP contribution in [0.3, 0.4) is 0 Å². The molecular formula is C19H18N4O2. The molecule has 0 radical (unpaired) electrons. The summed E-state index contributed by atoms with van der Waals surface area (Å²) in [5.41, 5.74) is 3.23. The number of hydrogen-bond donors (Lipinski definition) is 2. The molecule has 6 heteroatoms. The molecule has 0 saturated carbocycles. The van der Waals surface area contributed by atoms with Crippen LogP contribution >= 0.6 is 0 Å². The van der Waals surface area contributed by atoms with Crippen molar-refractivity contribution >= 4 is 5.91 Å². The highest BCUT2D eigenvalue weighted by molar-refractivity contribution is 5.94. The van der Waals surface area contributed by atoms with E-state index in [4.69, 9.17) is 4.74 Å². The van der Waals surface area contributed by atoms with Crippen LogP contribution in [0.5, 0.6) is 5.75 Å². The van der Waals surface area contributed by atoms with Gasteiger partial charge in [-0.1, -0.05) is 18.2 Å². The molecule has 2 N–H and O–H groups in total. The molecule has 0 spiro atoms. The van der Waals surface area contributed by atoms with Gasteiger partial charge in [-0.05, 0) is 30.2 Å². The summed E-state index contributed by atoms with van der Waals surface area (Å²) in [5.74, 6) is 1.45. The first-order valence-corrected chi connectivity index (χ1v) is 8.16. The van der Waals surface area contributed by atoms with E-state index in [1.807, 2.05) is 36.4 Å². The van der Waals surface area contributed by atoms with Gasteiger partial charge in [0.15, 0.2) is 0 Å². The Morgan fingerprint density at radius 1 is 1.20 bits per heavy atom. The van der Waals surface area contributed by atoms with Crippen molar-refractivity contribution in [2.45, 2.75) is 12.3 Å². The zero-order valence-electron chi connectivity index (χ0n) is 13.8. The highest BCUT2D eigenvalue weighted by Gasteiger charge is 2.27. The van der Waals surface area contributed by atoms with Crippen molar-refractivity contribution in [3.8, 4) is 17.1 Å². The number of hydrogen-bond acceptors (Lipinski definition) is 4. The summed E-state index contributed by atoms with van der Waals surface area (Å²) in [7, 11) is 1.66. The molecular weight excluding hydrogens is 316 g/mol. The van der Waals surface area contributed by atoms with Crippen molar-refractivity contribution in [2.24, 2.45) is 0 Å². The second-order valence-electron chi connectivity index (χ2n) is 6.01. The zero-order chi connectivity index (χ0) is 17.2. The molecule has 1 amide bonds. The summed E-state index contributed by atoms with van der Waals surface area (Å²) in [5, 5.41) is 2.97. The first-order valence-electron chi connectivity index (χ1n) is 8.16. The molecule has 2 aromatic heterocycles. The van der Waals surface area contributed by atoms with Crippen molar-refractivity contribution in [3.05, 3.63) is 65.7 Å². The molecule has 0 unspecified atom stereocenters. The number of imidazole rings is 1. The summed E-state index contributed by atoms with van der Waals surface area (Å²) in [6, 6.07) is 11.7. The van der Waals surface area contributed by atoms with Gasteiger partial charge in [-0.3, -0.25) is 9.78 Å². The van der Waals surface area contributed by atoms with Crippen molar-refractivity contribution < 1.29 is 9.53 Å². The number of H-pyrrole nitrogens is 1. The molecule has 1 atom stereocenters. The SMILES string of the molecule is COc1ccccc1[C@H]1CNC(=O)c2nc(-c3cccnc3)[nH]c2C1. The number of nitrogens with one attached hydrogen (secondary N) is 2. The Morgan fingerprint density at radius 3 is 2.88 bits per heavy atom. The summed E-state index contributed by atoms with van der Waals surface area (Å²) in [4.78, 5) is 24.4. The lowest BCUT2D eigenvalue weighted by molar-refractivity contribution is 0.0950. The fourth-order valence-corrected chi connectivity index (χ4v) is 3.23. The molecule has 0 bridgehead atoms. The van der Waals surface area contributed by atoms with Gasteiger partial charge in [-0.25, -0.2) is 4.98 Å². The first kappa shape index (κ1) is 15.4. The Balaban J connectivity index is 1.72. The number of aromatic nitrogens is 3. The van der Waals surface area contributed by atoms with Crippen LogP contribution in [0.2, 0.25) is 0 Å². The molecule has 0 aliphatic carbocycles. The van der Waals surface area contributed by atoms with E-state index in [1.54, 1.807) is 19.5 Å². The smallest absolute Gasteiger partial charge is 0.271 e. The molecule has 3 heterocycles. The summed E-state index contributed by atoms with van der Waals surface area (Å²) in [6.45, 7) is 0.547. The van der Waals surface area contributed by atoms with Crippen LogP contribution in [0, 0.1) is 0 Å². The largest absolute Gasteiger partial charge is 0.496 e. The normalized spacial score (nSPS) is 16.7. The zero-order valence-corrected chi connectivity index (χ0v) is 13.8. The van der Waals surface area contributed by atoms with Crippen LogP contribution in [0.15, 0.2) is 48.8 Å². The molecule has 1 aliphatic heterocycles. The van der Waals surface area contributed by atoms with Crippen LogP contribution in [-0.2, 0) is 6.42 Å². The maximum Gasteiger partial charge on any atom is 0.271 e. The van der Waals surface area contributed by atoms with E-state index in [-0.39, 0.29) is 11.8 Å². The molecule has 0 saturated heterocycles. The molecule has 6 nitrogen and oxygen atoms in total. The average molecular weight is 334 g/mol. The Kier molecular flexibility index (Phi) is 3.93. The van der Waals surface area contributed by atoms with Crippen molar-refractivity contribution in [2.75, 3.05) is 13.7 Å². The average Bonchev–Trinajstić information content (AvgIpc) is 3.03. The van der Waals surface area contributed by atoms with E-state index in [0.29, 0.717) is 24.5 Å². The number of ether oxygens (including phenoxy) is 1. The third-order valence-corrected chi connectivity index (χ3v) is 4.47. The van der Waals surface area contributed by atoms with Gasteiger partial charge in [0.05, 0.1) is 7.11 Å². The predicted octanol–water partition coefficient (Wildman–Crippen LogP) is 2.55. The van der Waals surface area contributed by atoms with Gasteiger partial charge in [0, 0.05) is 36.1 Å². The third-order valence-electron chi connectivity index (χ3n) is 4.47. The molecule has 1 aromatic carbocycles. The Hall–Kier alpha value is -3.15. The number of para-hydroxylation sites is 1. The second kappa shape index (κ2) is 6.39. The van der Waals surface area contributed by atoms with E-state index in [1.165, 1.54) is 0 Å². The maximum absolute atomic E-state index is 12.4. The lowest BCUT2D eigenvalue weighted by atomic mass is 9.93. The van der Waals surface area contributed by atoms with E-state index < -0.39 is 0 Å². The highest BCUT2D eigenvalue weighted by Crippen LogP contribution is 2.31. The highest BCUT2D eigenvalue weighted by atomic mass is 16.5. The summed E-state index contributed by atoms with van der Waals surface area (Å²) in [6.07, 6.45) is 4.12. The van der Waals surface area contributed by atoms with Crippen LogP contribution in [0.1, 0.15) is 27.7 Å². The van der Waals surface area contributed by atoms with Gasteiger partial charge in [-0.15, -0.1) is 0 Å². The number of rotatable bonds is 3. The number of carbonyl (C=O) groups is 1. The maximum atomic E-state index is 12.4. The Morgan fingerprint density at radius 2 is 2.08 bits per heavy atom. The minimum Gasteiger partial charge on any atom is -0.496 e. The van der Waals surface area contributed by atoms with Crippen LogP contribution in [0.4, 0.5) is 0 Å².